The van der Waals surface area contributed by atoms with Crippen LogP contribution in [-0.2, 0) is 34.3 Å². The summed E-state index contributed by atoms with van der Waals surface area (Å²) in [6, 6.07) is 5.02. The number of halogens is 4. The molecule has 3 rings (SSSR count). The number of benzene rings is 1. The molecule has 2 aromatic heterocycles. The fourth-order valence-corrected chi connectivity index (χ4v) is 4.15. The lowest BCUT2D eigenvalue weighted by Gasteiger charge is -2.19. The smallest absolute Gasteiger partial charge is 0.410 e. The first kappa shape index (κ1) is 33.8. The number of amides is 3. The minimum atomic E-state index is -4.43. The van der Waals surface area contributed by atoms with Crippen LogP contribution in [0.4, 0.5) is 28.0 Å². The zero-order valence-corrected chi connectivity index (χ0v) is 24.9. The van der Waals surface area contributed by atoms with Crippen molar-refractivity contribution in [1.29, 1.82) is 0 Å². The van der Waals surface area contributed by atoms with E-state index >= 15 is 0 Å². The number of aryl methyl sites for hydroxylation is 2. The number of fused-ring (bicyclic) bond motifs is 1. The number of carbonyl (C=O) groups is 3. The Hall–Kier alpha value is -4.69. The molecule has 238 valence electrons. The van der Waals surface area contributed by atoms with Gasteiger partial charge in [0.05, 0.1) is 17.6 Å². The van der Waals surface area contributed by atoms with Gasteiger partial charge in [-0.3, -0.25) is 14.4 Å². The van der Waals surface area contributed by atoms with Crippen LogP contribution < -0.4 is 10.9 Å². The fourth-order valence-electron chi connectivity index (χ4n) is 4.15. The number of hydrogen-bond acceptors (Lipinski definition) is 6. The topological polar surface area (TPSA) is 119 Å². The van der Waals surface area contributed by atoms with E-state index in [1.807, 2.05) is 0 Å². The van der Waals surface area contributed by atoms with Crippen molar-refractivity contribution in [3.8, 4) is 0 Å². The first-order chi connectivity index (χ1) is 20.6. The van der Waals surface area contributed by atoms with Crippen molar-refractivity contribution >= 4 is 34.6 Å². The lowest BCUT2D eigenvalue weighted by molar-refractivity contribution is -0.134. The van der Waals surface area contributed by atoms with Crippen molar-refractivity contribution < 1.29 is 36.7 Å². The first-order valence-electron chi connectivity index (χ1n) is 13.5. The standard InChI is InChI=1S/C29H34F4N6O5/c1-36(2)24(40)11-7-6-10-22(44-28(43)37(3)4)26(41)34-20-9-8-14-39(27(20)42)17-23-35-25-18(12-13-29(31,32)33)15-19(30)16-21(25)38(23)5/h7-9,11,14-16,22H,6,10,12-13,17H2,1-5H3,(H,34,41)/b11-7+. The zero-order chi connectivity index (χ0) is 32.8. The van der Waals surface area contributed by atoms with E-state index in [1.165, 1.54) is 52.5 Å². The normalized spacial score (nSPS) is 12.4. The van der Waals surface area contributed by atoms with Crippen LogP contribution in [0, 0.1) is 5.82 Å². The molecule has 0 aliphatic rings. The van der Waals surface area contributed by atoms with Crippen molar-refractivity contribution in [3.05, 3.63) is 70.2 Å². The van der Waals surface area contributed by atoms with Gasteiger partial charge in [0.15, 0.2) is 6.10 Å². The number of aromatic nitrogens is 3. The number of ether oxygens (including phenoxy) is 1. The molecule has 0 aliphatic carbocycles. The molecule has 15 heteroatoms. The maximum absolute atomic E-state index is 14.3. The van der Waals surface area contributed by atoms with Gasteiger partial charge in [-0.2, -0.15) is 13.2 Å². The maximum atomic E-state index is 14.3. The fraction of sp³-hybridized carbons (Fsp3) is 0.414. The Morgan fingerprint density at radius 1 is 1.14 bits per heavy atom. The molecular formula is C29H34F4N6O5. The van der Waals surface area contributed by atoms with E-state index in [4.69, 9.17) is 4.74 Å². The number of hydrogen-bond donors (Lipinski definition) is 1. The van der Waals surface area contributed by atoms with E-state index in [-0.39, 0.29) is 53.4 Å². The van der Waals surface area contributed by atoms with Gasteiger partial charge in [-0.05, 0) is 55.2 Å². The molecule has 1 unspecified atom stereocenters. The molecule has 0 bridgehead atoms. The molecular weight excluding hydrogens is 588 g/mol. The molecule has 1 aromatic carbocycles. The predicted molar refractivity (Wildman–Crippen MR) is 155 cm³/mol. The van der Waals surface area contributed by atoms with E-state index in [0.29, 0.717) is 0 Å². The maximum Gasteiger partial charge on any atom is 0.410 e. The molecule has 0 fully saturated rings. The van der Waals surface area contributed by atoms with E-state index in [2.05, 4.69) is 10.3 Å². The summed E-state index contributed by atoms with van der Waals surface area (Å²) in [6.07, 6.45) is -3.57. The number of nitrogens with one attached hydrogen (secondary N) is 1. The number of likely N-dealkylation sites (N-methyl/N-ethyl adjacent to an activating group) is 1. The summed E-state index contributed by atoms with van der Waals surface area (Å²) < 4.78 is 60.8. The van der Waals surface area contributed by atoms with Gasteiger partial charge < -0.3 is 29.0 Å². The summed E-state index contributed by atoms with van der Waals surface area (Å²) in [5, 5.41) is 2.49. The lowest BCUT2D eigenvalue weighted by atomic mass is 10.1. The van der Waals surface area contributed by atoms with E-state index in [1.54, 1.807) is 27.2 Å². The van der Waals surface area contributed by atoms with Crippen molar-refractivity contribution in [1.82, 2.24) is 23.9 Å². The lowest BCUT2D eigenvalue weighted by Crippen LogP contribution is -2.37. The summed E-state index contributed by atoms with van der Waals surface area (Å²) in [7, 11) is 7.61. The Morgan fingerprint density at radius 2 is 1.84 bits per heavy atom. The van der Waals surface area contributed by atoms with Crippen LogP contribution in [0.25, 0.3) is 11.0 Å². The molecule has 1 N–H and O–H groups in total. The van der Waals surface area contributed by atoms with E-state index < -0.39 is 48.5 Å². The Morgan fingerprint density at radius 3 is 2.48 bits per heavy atom. The number of allylic oxidation sites excluding steroid dienone is 1. The van der Waals surface area contributed by atoms with E-state index in [0.717, 1.165) is 17.0 Å². The van der Waals surface area contributed by atoms with Gasteiger partial charge in [0, 0.05) is 47.9 Å². The van der Waals surface area contributed by atoms with Crippen LogP contribution in [0.5, 0.6) is 0 Å². The second-order valence-corrected chi connectivity index (χ2v) is 10.5. The van der Waals surface area contributed by atoms with Gasteiger partial charge in [0.25, 0.3) is 11.5 Å². The molecule has 2 heterocycles. The number of nitrogens with zero attached hydrogens (tertiary/aromatic N) is 5. The Bertz CT molecular complexity index is 1610. The second-order valence-electron chi connectivity index (χ2n) is 10.5. The molecule has 0 radical (unpaired) electrons. The van der Waals surface area contributed by atoms with Crippen molar-refractivity contribution in [2.24, 2.45) is 7.05 Å². The minimum Gasteiger partial charge on any atom is -0.436 e. The van der Waals surface area contributed by atoms with Crippen LogP contribution in [-0.4, -0.2) is 82.3 Å². The van der Waals surface area contributed by atoms with Gasteiger partial charge in [-0.1, -0.05) is 6.08 Å². The van der Waals surface area contributed by atoms with Crippen molar-refractivity contribution in [2.75, 3.05) is 33.5 Å². The van der Waals surface area contributed by atoms with Gasteiger partial charge in [0.1, 0.15) is 17.3 Å². The molecule has 0 saturated heterocycles. The second kappa shape index (κ2) is 14.2. The summed E-state index contributed by atoms with van der Waals surface area (Å²) in [5.41, 5.74) is -0.214. The molecule has 3 aromatic rings. The zero-order valence-electron chi connectivity index (χ0n) is 24.9. The molecule has 0 spiro atoms. The van der Waals surface area contributed by atoms with Crippen LogP contribution in [0.15, 0.2) is 47.4 Å². The van der Waals surface area contributed by atoms with Crippen molar-refractivity contribution in [2.45, 2.75) is 44.5 Å². The van der Waals surface area contributed by atoms with Crippen LogP contribution >= 0.6 is 0 Å². The number of pyridine rings is 1. The number of anilines is 1. The number of rotatable bonds is 11. The monoisotopic (exact) mass is 622 g/mol. The van der Waals surface area contributed by atoms with Crippen LogP contribution in [0.1, 0.15) is 30.7 Å². The van der Waals surface area contributed by atoms with Gasteiger partial charge >= 0.3 is 12.3 Å². The quantitative estimate of drug-likeness (QED) is 0.257. The summed E-state index contributed by atoms with van der Waals surface area (Å²) in [5.74, 6) is -1.48. The van der Waals surface area contributed by atoms with Crippen LogP contribution in [0.3, 0.4) is 0 Å². The molecule has 44 heavy (non-hydrogen) atoms. The highest BCUT2D eigenvalue weighted by Crippen LogP contribution is 2.27. The summed E-state index contributed by atoms with van der Waals surface area (Å²) in [4.78, 5) is 57.3. The third-order valence-electron chi connectivity index (χ3n) is 6.59. The van der Waals surface area contributed by atoms with Crippen molar-refractivity contribution in [3.63, 3.8) is 0 Å². The largest absolute Gasteiger partial charge is 0.436 e. The van der Waals surface area contributed by atoms with E-state index in [9.17, 15) is 36.7 Å². The SMILES string of the molecule is CN(C)C(=O)/C=C/CCC(OC(=O)N(C)C)C(=O)Nc1cccn(Cc2nc3c(CCC(F)(F)F)cc(F)cc3n2C)c1=O. The number of imidazole rings is 1. The van der Waals surface area contributed by atoms with Gasteiger partial charge in [-0.15, -0.1) is 0 Å². The molecule has 1 atom stereocenters. The highest BCUT2D eigenvalue weighted by molar-refractivity contribution is 5.95. The third-order valence-corrected chi connectivity index (χ3v) is 6.59. The average Bonchev–Trinajstić information content (AvgIpc) is 3.24. The number of alkyl halides is 3. The van der Waals surface area contributed by atoms with Gasteiger partial charge in [-0.25, -0.2) is 14.2 Å². The Balaban J connectivity index is 1.83. The predicted octanol–water partition coefficient (Wildman–Crippen LogP) is 3.85. The molecule has 0 aliphatic heterocycles. The molecule has 3 amide bonds. The Kier molecular flexibility index (Phi) is 10.9. The first-order valence-corrected chi connectivity index (χ1v) is 13.5. The number of carbonyl (C=O) groups excluding carboxylic acids is 3. The van der Waals surface area contributed by atoms with Crippen LogP contribution in [0.2, 0.25) is 0 Å². The molecule has 11 nitrogen and oxygen atoms in total. The molecule has 0 saturated carbocycles. The summed E-state index contributed by atoms with van der Waals surface area (Å²) in [6.45, 7) is -0.141. The third kappa shape index (κ3) is 8.91. The average molecular weight is 623 g/mol. The highest BCUT2D eigenvalue weighted by Gasteiger charge is 2.28. The minimum absolute atomic E-state index is 0.0245. The summed E-state index contributed by atoms with van der Waals surface area (Å²) >= 11 is 0. The Labute approximate surface area is 250 Å². The van der Waals surface area contributed by atoms with Gasteiger partial charge in [0.2, 0.25) is 5.91 Å². The highest BCUT2D eigenvalue weighted by atomic mass is 19.4.